The molecule has 90 valence electrons. The van der Waals surface area contributed by atoms with Gasteiger partial charge >= 0.3 is 0 Å². The van der Waals surface area contributed by atoms with Gasteiger partial charge in [0.2, 0.25) is 0 Å². The van der Waals surface area contributed by atoms with Crippen molar-refractivity contribution in [2.75, 3.05) is 0 Å². The summed E-state index contributed by atoms with van der Waals surface area (Å²) in [6, 6.07) is 7.70. The number of phenolic OH excluding ortho intramolecular Hbond substituents is 1. The van der Waals surface area contributed by atoms with Crippen LogP contribution >= 0.6 is 0 Å². The number of aromatic hydroxyl groups is 1. The van der Waals surface area contributed by atoms with E-state index in [1.165, 1.54) is 5.57 Å². The molecule has 1 aromatic carbocycles. The van der Waals surface area contributed by atoms with Gasteiger partial charge < -0.3 is 10.1 Å². The van der Waals surface area contributed by atoms with Crippen molar-refractivity contribution in [1.82, 2.24) is 10.4 Å². The van der Waals surface area contributed by atoms with E-state index in [1.54, 1.807) is 6.07 Å². The molecular weight excluding hydrogens is 212 g/mol. The van der Waals surface area contributed by atoms with Crippen LogP contribution in [0.4, 0.5) is 0 Å². The monoisotopic (exact) mass is 230 g/mol. The molecule has 1 aliphatic heterocycles. The number of nitrogens with zero attached hydrogens (tertiary/aromatic N) is 1. The first-order valence-electron chi connectivity index (χ1n) is 5.82. The van der Waals surface area contributed by atoms with Gasteiger partial charge in [-0.3, -0.25) is 0 Å². The van der Waals surface area contributed by atoms with Gasteiger partial charge in [-0.05, 0) is 26.0 Å². The highest BCUT2D eigenvalue weighted by Crippen LogP contribution is 2.16. The van der Waals surface area contributed by atoms with Crippen LogP contribution in [0.1, 0.15) is 19.4 Å². The number of benzene rings is 1. The zero-order valence-corrected chi connectivity index (χ0v) is 10.2. The summed E-state index contributed by atoms with van der Waals surface area (Å²) in [6.07, 6.45) is 6.29. The molecule has 0 saturated heterocycles. The lowest BCUT2D eigenvalue weighted by molar-refractivity contribution is 0.229. The van der Waals surface area contributed by atoms with Crippen molar-refractivity contribution in [3.63, 3.8) is 0 Å². The number of hydrazine groups is 1. The van der Waals surface area contributed by atoms with E-state index in [4.69, 9.17) is 0 Å². The van der Waals surface area contributed by atoms with Crippen LogP contribution in [0, 0.1) is 0 Å². The normalized spacial score (nSPS) is 19.3. The van der Waals surface area contributed by atoms with E-state index >= 15 is 0 Å². The van der Waals surface area contributed by atoms with Crippen LogP contribution in [0.25, 0.3) is 0 Å². The van der Waals surface area contributed by atoms with E-state index in [0.29, 0.717) is 18.3 Å². The summed E-state index contributed by atoms with van der Waals surface area (Å²) in [5, 5.41) is 11.7. The SMILES string of the molecule is CC1=CC(C)N(NCc2ccccc2O)C=C1. The standard InChI is InChI=1S/C14H18N2O/c1-11-7-8-16(12(2)9-11)15-10-13-5-3-4-6-14(13)17/h3-9,12,15,17H,10H2,1-2H3. The second-order valence-electron chi connectivity index (χ2n) is 4.34. The zero-order chi connectivity index (χ0) is 12.3. The summed E-state index contributed by atoms with van der Waals surface area (Å²) in [7, 11) is 0. The van der Waals surface area contributed by atoms with Crippen LogP contribution in [0.3, 0.4) is 0 Å². The Balaban J connectivity index is 1.96. The Labute approximate surface area is 102 Å². The van der Waals surface area contributed by atoms with Crippen molar-refractivity contribution in [3.05, 3.63) is 53.8 Å². The maximum absolute atomic E-state index is 9.66. The van der Waals surface area contributed by atoms with Gasteiger partial charge in [-0.2, -0.15) is 0 Å². The Hall–Kier alpha value is -1.74. The average molecular weight is 230 g/mol. The topological polar surface area (TPSA) is 35.5 Å². The molecule has 0 radical (unpaired) electrons. The molecule has 0 bridgehead atoms. The van der Waals surface area contributed by atoms with Gasteiger partial charge in [0.25, 0.3) is 0 Å². The van der Waals surface area contributed by atoms with E-state index in [0.717, 1.165) is 5.56 Å². The summed E-state index contributed by atoms with van der Waals surface area (Å²) >= 11 is 0. The quantitative estimate of drug-likeness (QED) is 0.837. The molecule has 0 saturated carbocycles. The van der Waals surface area contributed by atoms with Crippen LogP contribution in [-0.4, -0.2) is 16.2 Å². The van der Waals surface area contributed by atoms with Gasteiger partial charge in [-0.1, -0.05) is 29.8 Å². The molecule has 0 amide bonds. The number of rotatable bonds is 3. The number of hydrogen-bond acceptors (Lipinski definition) is 3. The fraction of sp³-hybridized carbons (Fsp3) is 0.286. The highest BCUT2D eigenvalue weighted by Gasteiger charge is 2.11. The van der Waals surface area contributed by atoms with Crippen LogP contribution in [0.15, 0.2) is 48.2 Å². The second kappa shape index (κ2) is 5.06. The molecule has 0 aliphatic carbocycles. The maximum atomic E-state index is 9.66. The highest BCUT2D eigenvalue weighted by atomic mass is 16.3. The first-order valence-corrected chi connectivity index (χ1v) is 5.82. The molecule has 0 aromatic heterocycles. The zero-order valence-electron chi connectivity index (χ0n) is 10.2. The fourth-order valence-electron chi connectivity index (χ4n) is 1.88. The van der Waals surface area contributed by atoms with Crippen LogP contribution in [-0.2, 0) is 6.54 Å². The van der Waals surface area contributed by atoms with Gasteiger partial charge in [0.1, 0.15) is 5.75 Å². The lowest BCUT2D eigenvalue weighted by Crippen LogP contribution is -2.40. The van der Waals surface area contributed by atoms with Crippen LogP contribution in [0.5, 0.6) is 5.75 Å². The largest absolute Gasteiger partial charge is 0.508 e. The summed E-state index contributed by atoms with van der Waals surface area (Å²) in [4.78, 5) is 0. The number of hydrogen-bond donors (Lipinski definition) is 2. The second-order valence-corrected chi connectivity index (χ2v) is 4.34. The average Bonchev–Trinajstić information content (AvgIpc) is 2.30. The van der Waals surface area contributed by atoms with Crippen LogP contribution < -0.4 is 5.43 Å². The molecule has 1 heterocycles. The van der Waals surface area contributed by atoms with Crippen molar-refractivity contribution >= 4 is 0 Å². The Bertz CT molecular complexity index is 451. The lowest BCUT2D eigenvalue weighted by atomic mass is 10.1. The van der Waals surface area contributed by atoms with E-state index in [2.05, 4.69) is 31.4 Å². The minimum Gasteiger partial charge on any atom is -0.508 e. The van der Waals surface area contributed by atoms with Gasteiger partial charge in [0, 0.05) is 18.3 Å². The van der Waals surface area contributed by atoms with E-state index in [-0.39, 0.29) is 0 Å². The van der Waals surface area contributed by atoms with Crippen molar-refractivity contribution in [2.45, 2.75) is 26.4 Å². The molecule has 2 rings (SSSR count). The molecule has 0 spiro atoms. The molecule has 1 atom stereocenters. The Kier molecular flexibility index (Phi) is 3.49. The van der Waals surface area contributed by atoms with Gasteiger partial charge in [-0.15, -0.1) is 0 Å². The molecule has 1 unspecified atom stereocenters. The summed E-state index contributed by atoms with van der Waals surface area (Å²) in [5.74, 6) is 0.334. The fourth-order valence-corrected chi connectivity index (χ4v) is 1.88. The molecule has 1 aromatic rings. The lowest BCUT2D eigenvalue weighted by Gasteiger charge is -2.29. The van der Waals surface area contributed by atoms with Crippen LogP contribution in [0.2, 0.25) is 0 Å². The first kappa shape index (κ1) is 11.7. The molecule has 3 heteroatoms. The van der Waals surface area contributed by atoms with Crippen molar-refractivity contribution in [1.29, 1.82) is 0 Å². The Morgan fingerprint density at radius 2 is 2.12 bits per heavy atom. The maximum Gasteiger partial charge on any atom is 0.120 e. The first-order chi connectivity index (χ1) is 8.16. The third-order valence-electron chi connectivity index (χ3n) is 2.88. The summed E-state index contributed by atoms with van der Waals surface area (Å²) < 4.78 is 0. The number of phenols is 1. The molecule has 17 heavy (non-hydrogen) atoms. The predicted molar refractivity (Wildman–Crippen MR) is 69.1 cm³/mol. The van der Waals surface area contributed by atoms with Gasteiger partial charge in [0.15, 0.2) is 0 Å². The minimum absolute atomic E-state index is 0.325. The number of para-hydroxylation sites is 1. The van der Waals surface area contributed by atoms with Crippen molar-refractivity contribution < 1.29 is 5.11 Å². The predicted octanol–water partition coefficient (Wildman–Crippen LogP) is 2.56. The molecular formula is C14H18N2O. The van der Waals surface area contributed by atoms with E-state index in [9.17, 15) is 5.11 Å². The highest BCUT2D eigenvalue weighted by molar-refractivity contribution is 5.31. The molecule has 0 fully saturated rings. The molecule has 3 nitrogen and oxygen atoms in total. The summed E-state index contributed by atoms with van der Waals surface area (Å²) in [6.45, 7) is 4.84. The van der Waals surface area contributed by atoms with Gasteiger partial charge in [-0.25, -0.2) is 5.43 Å². The molecule has 2 N–H and O–H groups in total. The summed E-state index contributed by atoms with van der Waals surface area (Å²) in [5.41, 5.74) is 5.47. The minimum atomic E-state index is 0.325. The van der Waals surface area contributed by atoms with Crippen molar-refractivity contribution in [3.8, 4) is 5.75 Å². The Morgan fingerprint density at radius 3 is 2.82 bits per heavy atom. The molecule has 1 aliphatic rings. The Morgan fingerprint density at radius 1 is 1.35 bits per heavy atom. The smallest absolute Gasteiger partial charge is 0.120 e. The van der Waals surface area contributed by atoms with Crippen molar-refractivity contribution in [2.24, 2.45) is 0 Å². The van der Waals surface area contributed by atoms with E-state index in [1.807, 2.05) is 29.4 Å². The number of nitrogens with one attached hydrogen (secondary N) is 1. The third kappa shape index (κ3) is 2.88. The van der Waals surface area contributed by atoms with E-state index < -0.39 is 0 Å². The number of allylic oxidation sites excluding steroid dienone is 2. The third-order valence-corrected chi connectivity index (χ3v) is 2.88. The van der Waals surface area contributed by atoms with Gasteiger partial charge in [0.05, 0.1) is 6.04 Å².